The van der Waals surface area contributed by atoms with Crippen LogP contribution in [0.4, 0.5) is 11.8 Å². The number of rotatable bonds is 4. The topological polar surface area (TPSA) is 85.7 Å². The first-order valence-corrected chi connectivity index (χ1v) is 11.0. The molecule has 2 atom stereocenters. The molecule has 0 unspecified atom stereocenters. The summed E-state index contributed by atoms with van der Waals surface area (Å²) in [7, 11) is 1.63. The molecule has 0 amide bonds. The van der Waals surface area contributed by atoms with Crippen molar-refractivity contribution >= 4 is 22.8 Å². The third-order valence-electron chi connectivity index (χ3n) is 6.04. The number of hydrogen-bond donors (Lipinski definition) is 0. The maximum absolute atomic E-state index is 5.66. The Hall–Kier alpha value is -3.04. The second-order valence-electron chi connectivity index (χ2n) is 8.26. The van der Waals surface area contributed by atoms with Crippen LogP contribution in [-0.2, 0) is 9.47 Å². The highest BCUT2D eigenvalue weighted by Crippen LogP contribution is 2.31. The average molecular weight is 437 g/mol. The molecule has 0 spiro atoms. The molecule has 9 nitrogen and oxygen atoms in total. The van der Waals surface area contributed by atoms with E-state index in [4.69, 9.17) is 29.2 Å². The van der Waals surface area contributed by atoms with Gasteiger partial charge in [0.2, 0.25) is 5.95 Å². The quantitative estimate of drug-likeness (QED) is 0.612. The molecule has 9 heteroatoms. The molecule has 0 N–H and O–H groups in total. The zero-order valence-corrected chi connectivity index (χ0v) is 18.7. The van der Waals surface area contributed by atoms with Gasteiger partial charge in [0.05, 0.1) is 62.9 Å². The number of anilines is 2. The van der Waals surface area contributed by atoms with E-state index in [1.54, 1.807) is 19.5 Å². The lowest BCUT2D eigenvalue weighted by molar-refractivity contribution is 0.0973. The van der Waals surface area contributed by atoms with E-state index in [-0.39, 0.29) is 12.1 Å². The molecular weight excluding hydrogens is 408 g/mol. The number of pyridine rings is 2. The summed E-state index contributed by atoms with van der Waals surface area (Å²) in [5, 5.41) is 0.933. The van der Waals surface area contributed by atoms with E-state index in [2.05, 4.69) is 34.7 Å². The van der Waals surface area contributed by atoms with Crippen LogP contribution in [0.25, 0.3) is 22.3 Å². The molecular formula is C23H28N6O3. The molecule has 0 aliphatic carbocycles. The van der Waals surface area contributed by atoms with Gasteiger partial charge in [-0.05, 0) is 32.0 Å². The van der Waals surface area contributed by atoms with Crippen LogP contribution in [-0.4, -0.2) is 78.6 Å². The van der Waals surface area contributed by atoms with E-state index in [1.165, 1.54) is 0 Å². The molecule has 32 heavy (non-hydrogen) atoms. The van der Waals surface area contributed by atoms with E-state index in [1.807, 2.05) is 12.1 Å². The number of methoxy groups -OCH3 is 1. The highest BCUT2D eigenvalue weighted by atomic mass is 16.5. The molecule has 5 heterocycles. The molecule has 2 aliphatic rings. The fourth-order valence-corrected chi connectivity index (χ4v) is 4.23. The highest BCUT2D eigenvalue weighted by molar-refractivity contribution is 5.90. The summed E-state index contributed by atoms with van der Waals surface area (Å²) in [5.41, 5.74) is 2.35. The molecule has 2 fully saturated rings. The maximum atomic E-state index is 5.66. The number of aromatic nitrogens is 4. The van der Waals surface area contributed by atoms with Crippen LogP contribution in [0.5, 0.6) is 5.75 Å². The van der Waals surface area contributed by atoms with Crippen molar-refractivity contribution < 1.29 is 14.2 Å². The Morgan fingerprint density at radius 3 is 2.41 bits per heavy atom. The van der Waals surface area contributed by atoms with Crippen LogP contribution in [0.1, 0.15) is 13.8 Å². The van der Waals surface area contributed by atoms with E-state index in [0.29, 0.717) is 43.8 Å². The average Bonchev–Trinajstić information content (AvgIpc) is 2.83. The van der Waals surface area contributed by atoms with Gasteiger partial charge in [0.25, 0.3) is 0 Å². The molecule has 0 saturated carbocycles. The first-order valence-electron chi connectivity index (χ1n) is 11.0. The van der Waals surface area contributed by atoms with E-state index in [0.717, 1.165) is 35.6 Å². The van der Waals surface area contributed by atoms with Crippen molar-refractivity contribution in [2.24, 2.45) is 0 Å². The minimum Gasteiger partial charge on any atom is -0.495 e. The molecule has 168 valence electrons. The Bertz CT molecular complexity index is 1110. The Balaban J connectivity index is 1.65. The van der Waals surface area contributed by atoms with Gasteiger partial charge < -0.3 is 24.0 Å². The molecule has 2 saturated heterocycles. The molecule has 3 aromatic rings. The molecule has 0 aromatic carbocycles. The minimum absolute atomic E-state index is 0.196. The van der Waals surface area contributed by atoms with Gasteiger partial charge in [-0.1, -0.05) is 0 Å². The smallest absolute Gasteiger partial charge is 0.229 e. The van der Waals surface area contributed by atoms with Crippen molar-refractivity contribution in [3.63, 3.8) is 0 Å². The zero-order chi connectivity index (χ0) is 22.1. The lowest BCUT2D eigenvalue weighted by Crippen LogP contribution is -2.46. The number of fused-ring (bicyclic) bond motifs is 1. The van der Waals surface area contributed by atoms with Gasteiger partial charge in [0.1, 0.15) is 11.6 Å². The fourth-order valence-electron chi connectivity index (χ4n) is 4.23. The summed E-state index contributed by atoms with van der Waals surface area (Å²) >= 11 is 0. The van der Waals surface area contributed by atoms with Crippen LogP contribution >= 0.6 is 0 Å². The van der Waals surface area contributed by atoms with Gasteiger partial charge in [-0.15, -0.1) is 0 Å². The monoisotopic (exact) mass is 436 g/mol. The van der Waals surface area contributed by atoms with E-state index < -0.39 is 0 Å². The summed E-state index contributed by atoms with van der Waals surface area (Å²) in [6.07, 6.45) is 3.47. The standard InChI is InChI=1S/C23H28N6O3/c1-15-13-31-8-6-28(15)22-19-4-5-20(17-10-18(30-3)12-24-11-17)25-21(19)26-23(27-22)29-7-9-32-14-16(29)2/h4-5,10-12,15-16H,6-9,13-14H2,1-3H3/t15-,16-/m0/s1. The first-order chi connectivity index (χ1) is 15.6. The molecule has 0 radical (unpaired) electrons. The second-order valence-corrected chi connectivity index (χ2v) is 8.26. The number of morpholine rings is 2. The Morgan fingerprint density at radius 2 is 1.69 bits per heavy atom. The summed E-state index contributed by atoms with van der Waals surface area (Å²) in [6.45, 7) is 8.52. The van der Waals surface area contributed by atoms with Crippen LogP contribution in [0.2, 0.25) is 0 Å². The van der Waals surface area contributed by atoms with E-state index >= 15 is 0 Å². The van der Waals surface area contributed by atoms with Gasteiger partial charge in [0, 0.05) is 24.8 Å². The van der Waals surface area contributed by atoms with Crippen molar-refractivity contribution in [1.29, 1.82) is 0 Å². The van der Waals surface area contributed by atoms with Crippen LogP contribution < -0.4 is 14.5 Å². The number of ether oxygens (including phenoxy) is 3. The minimum atomic E-state index is 0.196. The van der Waals surface area contributed by atoms with Crippen molar-refractivity contribution in [3.05, 3.63) is 30.6 Å². The number of nitrogens with zero attached hydrogens (tertiary/aromatic N) is 6. The predicted octanol–water partition coefficient (Wildman–Crippen LogP) is 2.55. The van der Waals surface area contributed by atoms with Gasteiger partial charge in [-0.25, -0.2) is 4.98 Å². The van der Waals surface area contributed by atoms with Crippen molar-refractivity contribution in [3.8, 4) is 17.0 Å². The molecule has 5 rings (SSSR count). The van der Waals surface area contributed by atoms with Gasteiger partial charge >= 0.3 is 0 Å². The molecule has 3 aromatic heterocycles. The third kappa shape index (κ3) is 3.93. The zero-order valence-electron chi connectivity index (χ0n) is 18.7. The SMILES string of the molecule is COc1cncc(-c2ccc3c(N4CCOC[C@@H]4C)nc(N4CCOC[C@@H]4C)nc3n2)c1. The highest BCUT2D eigenvalue weighted by Gasteiger charge is 2.27. The van der Waals surface area contributed by atoms with Crippen LogP contribution in [0.3, 0.4) is 0 Å². The van der Waals surface area contributed by atoms with Gasteiger partial charge in [0.15, 0.2) is 5.65 Å². The van der Waals surface area contributed by atoms with Gasteiger partial charge in [-0.3, -0.25) is 4.98 Å². The summed E-state index contributed by atoms with van der Waals surface area (Å²) in [4.78, 5) is 23.6. The maximum Gasteiger partial charge on any atom is 0.229 e. The lowest BCUT2D eigenvalue weighted by Gasteiger charge is -2.37. The van der Waals surface area contributed by atoms with Crippen LogP contribution in [0, 0.1) is 0 Å². The molecule has 0 bridgehead atoms. The Kier molecular flexibility index (Phi) is 5.75. The summed E-state index contributed by atoms with van der Waals surface area (Å²) in [5.74, 6) is 2.29. The summed E-state index contributed by atoms with van der Waals surface area (Å²) in [6, 6.07) is 6.40. The normalized spacial score (nSPS) is 21.7. The second kappa shape index (κ2) is 8.84. The van der Waals surface area contributed by atoms with E-state index in [9.17, 15) is 0 Å². The van der Waals surface area contributed by atoms with Crippen molar-refractivity contribution in [2.75, 3.05) is 56.4 Å². The van der Waals surface area contributed by atoms with Gasteiger partial charge in [-0.2, -0.15) is 9.97 Å². The Morgan fingerprint density at radius 1 is 0.938 bits per heavy atom. The van der Waals surface area contributed by atoms with Crippen LogP contribution in [0.15, 0.2) is 30.6 Å². The van der Waals surface area contributed by atoms with Crippen molar-refractivity contribution in [1.82, 2.24) is 19.9 Å². The Labute approximate surface area is 187 Å². The largest absolute Gasteiger partial charge is 0.495 e. The molecule has 2 aliphatic heterocycles. The lowest BCUT2D eigenvalue weighted by atomic mass is 10.1. The summed E-state index contributed by atoms with van der Waals surface area (Å²) < 4.78 is 16.6. The predicted molar refractivity (Wildman–Crippen MR) is 122 cm³/mol. The fraction of sp³-hybridized carbons (Fsp3) is 0.478. The first kappa shape index (κ1) is 20.8. The third-order valence-corrected chi connectivity index (χ3v) is 6.04. The number of hydrogen-bond acceptors (Lipinski definition) is 9. The van der Waals surface area contributed by atoms with Crippen molar-refractivity contribution in [2.45, 2.75) is 25.9 Å².